The molecule has 8 nitrogen and oxygen atoms in total. The van der Waals surface area contributed by atoms with Crippen molar-refractivity contribution < 1.29 is 17.9 Å². The predicted molar refractivity (Wildman–Crippen MR) is 141 cm³/mol. The second-order valence-electron chi connectivity index (χ2n) is 8.00. The van der Waals surface area contributed by atoms with Crippen molar-refractivity contribution in [2.45, 2.75) is 17.7 Å². The second-order valence-corrected chi connectivity index (χ2v) is 10.9. The highest BCUT2D eigenvalue weighted by atomic mass is 35.5. The van der Waals surface area contributed by atoms with E-state index in [0.29, 0.717) is 23.8 Å². The number of hydrogen-bond acceptors (Lipinski definition) is 6. The summed E-state index contributed by atoms with van der Waals surface area (Å²) in [6.07, 6.45) is 5.04. The number of halogens is 3. The Labute approximate surface area is 223 Å². The maximum absolute atomic E-state index is 12.9. The first kappa shape index (κ1) is 26.2. The minimum Gasteiger partial charge on any atom is -0.437 e. The van der Waals surface area contributed by atoms with Gasteiger partial charge in [-0.25, -0.2) is 13.4 Å². The van der Waals surface area contributed by atoms with Crippen LogP contribution in [0.2, 0.25) is 15.1 Å². The number of aromatic nitrogens is 1. The van der Waals surface area contributed by atoms with Crippen molar-refractivity contribution in [1.29, 1.82) is 0 Å². The Bertz CT molecular complexity index is 1400. The third-order valence-electron chi connectivity index (χ3n) is 5.38. The summed E-state index contributed by atoms with van der Waals surface area (Å²) >= 11 is 17.9. The number of rotatable bonds is 8. The third kappa shape index (κ3) is 6.67. The Kier molecular flexibility index (Phi) is 8.35. The van der Waals surface area contributed by atoms with Gasteiger partial charge in [-0.15, -0.1) is 0 Å². The van der Waals surface area contributed by atoms with E-state index in [0.717, 1.165) is 19.4 Å². The van der Waals surface area contributed by atoms with E-state index < -0.39 is 10.0 Å². The molecule has 1 aliphatic heterocycles. The fourth-order valence-corrected chi connectivity index (χ4v) is 5.02. The Hall–Kier alpha value is -2.85. The molecule has 188 valence electrons. The number of pyridine rings is 1. The number of sulfonamides is 1. The molecule has 0 spiro atoms. The summed E-state index contributed by atoms with van der Waals surface area (Å²) in [4.78, 5) is 20.7. The van der Waals surface area contributed by atoms with Crippen LogP contribution in [0.15, 0.2) is 64.6 Å². The van der Waals surface area contributed by atoms with Crippen LogP contribution in [0, 0.1) is 5.92 Å². The first-order chi connectivity index (χ1) is 17.2. The van der Waals surface area contributed by atoms with E-state index in [-0.39, 0.29) is 37.4 Å². The lowest BCUT2D eigenvalue weighted by Crippen LogP contribution is -2.30. The Balaban J connectivity index is 1.46. The number of nitrogens with zero attached hydrogens (tertiary/aromatic N) is 2. The molecule has 1 atom stereocenters. The number of hydrogen-bond donors (Lipinski definition) is 2. The molecule has 3 aromatic rings. The van der Waals surface area contributed by atoms with Crippen molar-refractivity contribution in [3.8, 4) is 11.6 Å². The van der Waals surface area contributed by atoms with Gasteiger partial charge in [0, 0.05) is 24.8 Å². The molecule has 0 fully saturated rings. The molecule has 36 heavy (non-hydrogen) atoms. The summed E-state index contributed by atoms with van der Waals surface area (Å²) < 4.78 is 34.0. The van der Waals surface area contributed by atoms with Gasteiger partial charge in [-0.3, -0.25) is 14.5 Å². The number of anilines is 1. The van der Waals surface area contributed by atoms with E-state index in [1.54, 1.807) is 24.3 Å². The number of aliphatic imine (C=N–C) groups is 1. The molecule has 2 aromatic carbocycles. The summed E-state index contributed by atoms with van der Waals surface area (Å²) in [6.45, 7) is 1.37. The summed E-state index contributed by atoms with van der Waals surface area (Å²) in [5.41, 5.74) is 0.489. The molecular formula is C24H21Cl3N4O4S. The first-order valence-corrected chi connectivity index (χ1v) is 13.5. The molecule has 0 saturated carbocycles. The van der Waals surface area contributed by atoms with Gasteiger partial charge >= 0.3 is 0 Å². The monoisotopic (exact) mass is 566 g/mol. The van der Waals surface area contributed by atoms with Gasteiger partial charge in [-0.2, -0.15) is 0 Å². The topological polar surface area (TPSA) is 110 Å². The van der Waals surface area contributed by atoms with E-state index >= 15 is 0 Å². The molecule has 0 aliphatic carbocycles. The highest BCUT2D eigenvalue weighted by Gasteiger charge is 2.20. The number of nitrogens with one attached hydrogen (secondary N) is 2. The first-order valence-electron chi connectivity index (χ1n) is 10.9. The van der Waals surface area contributed by atoms with Gasteiger partial charge in [0.1, 0.15) is 11.4 Å². The van der Waals surface area contributed by atoms with Crippen LogP contribution >= 0.6 is 34.8 Å². The zero-order valence-electron chi connectivity index (χ0n) is 18.7. The molecular weight excluding hydrogens is 547 g/mol. The molecule has 0 bridgehead atoms. The zero-order chi connectivity index (χ0) is 25.7. The summed E-state index contributed by atoms with van der Waals surface area (Å²) in [7, 11) is -4.05. The molecule has 0 radical (unpaired) electrons. The number of amides is 1. The molecule has 1 aromatic heterocycles. The number of ether oxygens (including phenoxy) is 1. The van der Waals surface area contributed by atoms with Crippen LogP contribution in [0.5, 0.6) is 11.6 Å². The molecule has 1 unspecified atom stereocenters. The van der Waals surface area contributed by atoms with Crippen LogP contribution in [-0.2, 0) is 10.0 Å². The summed E-state index contributed by atoms with van der Waals surface area (Å²) in [6, 6.07) is 11.7. The van der Waals surface area contributed by atoms with E-state index in [1.807, 2.05) is 6.21 Å². The van der Waals surface area contributed by atoms with Gasteiger partial charge in [0.15, 0.2) is 0 Å². The Morgan fingerprint density at radius 3 is 2.53 bits per heavy atom. The van der Waals surface area contributed by atoms with Gasteiger partial charge in [-0.1, -0.05) is 34.8 Å². The van der Waals surface area contributed by atoms with Crippen LogP contribution < -0.4 is 14.8 Å². The van der Waals surface area contributed by atoms with Gasteiger partial charge in [0.25, 0.3) is 15.9 Å². The average molecular weight is 568 g/mol. The zero-order valence-corrected chi connectivity index (χ0v) is 21.8. The van der Waals surface area contributed by atoms with Gasteiger partial charge in [0.2, 0.25) is 5.88 Å². The Morgan fingerprint density at radius 2 is 1.83 bits per heavy atom. The van der Waals surface area contributed by atoms with E-state index in [9.17, 15) is 13.2 Å². The van der Waals surface area contributed by atoms with E-state index in [4.69, 9.17) is 39.5 Å². The second kappa shape index (κ2) is 11.5. The lowest BCUT2D eigenvalue weighted by atomic mass is 10.00. The lowest BCUT2D eigenvalue weighted by Gasteiger charge is -2.17. The normalized spacial score (nSPS) is 15.4. The lowest BCUT2D eigenvalue weighted by molar-refractivity contribution is 0.0946. The Morgan fingerprint density at radius 1 is 1.06 bits per heavy atom. The van der Waals surface area contributed by atoms with Crippen LogP contribution in [0.4, 0.5) is 5.69 Å². The maximum atomic E-state index is 12.9. The van der Waals surface area contributed by atoms with Crippen molar-refractivity contribution in [2.24, 2.45) is 10.9 Å². The fourth-order valence-electron chi connectivity index (χ4n) is 3.43. The minimum absolute atomic E-state index is 0.0198. The molecule has 2 heterocycles. The van der Waals surface area contributed by atoms with Gasteiger partial charge < -0.3 is 10.1 Å². The average Bonchev–Trinajstić information content (AvgIpc) is 2.86. The van der Waals surface area contributed by atoms with Crippen LogP contribution in [-0.4, -0.2) is 38.6 Å². The standard InChI is InChI=1S/C24H21Cl3N4O4S/c25-17-11-22(31-36(33,34)19-5-6-20(26)21(27)12-19)24(30-14-17)35-18-3-1-16(2-4-18)23(32)29-13-15-7-9-28-10-8-15/h1-6,9,11-12,14-15,31H,7-8,10,13H2,(H,29,32). The molecule has 1 aliphatic rings. The van der Waals surface area contributed by atoms with Crippen molar-refractivity contribution in [1.82, 2.24) is 10.3 Å². The molecule has 12 heteroatoms. The van der Waals surface area contributed by atoms with Crippen molar-refractivity contribution in [3.63, 3.8) is 0 Å². The molecule has 0 saturated heterocycles. The van der Waals surface area contributed by atoms with Crippen LogP contribution in [0.25, 0.3) is 0 Å². The number of carbonyl (C=O) groups excluding carboxylic acids is 1. The van der Waals surface area contributed by atoms with Gasteiger partial charge in [-0.05, 0) is 73.5 Å². The largest absolute Gasteiger partial charge is 0.437 e. The van der Waals surface area contributed by atoms with E-state index in [1.165, 1.54) is 30.5 Å². The molecule has 2 N–H and O–H groups in total. The highest BCUT2D eigenvalue weighted by molar-refractivity contribution is 7.92. The van der Waals surface area contributed by atoms with Crippen LogP contribution in [0.3, 0.4) is 0 Å². The van der Waals surface area contributed by atoms with Crippen molar-refractivity contribution in [2.75, 3.05) is 17.8 Å². The summed E-state index contributed by atoms with van der Waals surface area (Å²) in [5.74, 6) is 0.513. The smallest absolute Gasteiger partial charge is 0.262 e. The van der Waals surface area contributed by atoms with Crippen molar-refractivity contribution in [3.05, 3.63) is 75.4 Å². The van der Waals surface area contributed by atoms with Crippen LogP contribution in [0.1, 0.15) is 23.2 Å². The van der Waals surface area contributed by atoms with Crippen molar-refractivity contribution >= 4 is 62.6 Å². The fraction of sp³-hybridized carbons (Fsp3) is 0.208. The van der Waals surface area contributed by atoms with Gasteiger partial charge in [0.05, 0.1) is 20.0 Å². The molecule has 1 amide bonds. The van der Waals surface area contributed by atoms with E-state index in [2.05, 4.69) is 20.0 Å². The SMILES string of the molecule is O=C(NCC1CC=NCC1)c1ccc(Oc2ncc(Cl)cc2NS(=O)(=O)c2ccc(Cl)c(Cl)c2)cc1. The summed E-state index contributed by atoms with van der Waals surface area (Å²) in [5, 5.41) is 3.46. The highest BCUT2D eigenvalue weighted by Crippen LogP contribution is 2.32. The number of carbonyl (C=O) groups is 1. The third-order valence-corrected chi connectivity index (χ3v) is 7.69. The maximum Gasteiger partial charge on any atom is 0.262 e. The molecule has 4 rings (SSSR count). The number of benzene rings is 2. The quantitative estimate of drug-likeness (QED) is 0.355. The minimum atomic E-state index is -4.05. The predicted octanol–water partition coefficient (Wildman–Crippen LogP) is 5.85.